The van der Waals surface area contributed by atoms with Gasteiger partial charge in [0.25, 0.3) is 0 Å². The summed E-state index contributed by atoms with van der Waals surface area (Å²) < 4.78 is 0. The molecule has 132 valence electrons. The van der Waals surface area contributed by atoms with Crippen LogP contribution in [-0.4, -0.2) is 15.0 Å². The monoisotopic (exact) mass is 352 g/mol. The lowest BCUT2D eigenvalue weighted by atomic mass is 9.99. The van der Waals surface area contributed by atoms with Crippen LogP contribution in [0.5, 0.6) is 0 Å². The summed E-state index contributed by atoms with van der Waals surface area (Å²) >= 11 is 0. The number of rotatable bonds is 5. The molecule has 0 aliphatic heterocycles. The molecule has 0 amide bonds. The molecule has 0 unspecified atom stereocenters. The van der Waals surface area contributed by atoms with Gasteiger partial charge in [0.2, 0.25) is 0 Å². The summed E-state index contributed by atoms with van der Waals surface area (Å²) in [5.41, 5.74) is 4.20. The van der Waals surface area contributed by atoms with Crippen LogP contribution in [0.2, 0.25) is 0 Å². The Hall–Kier alpha value is -3.53. The van der Waals surface area contributed by atoms with Gasteiger partial charge < -0.3 is 4.90 Å². The normalized spacial score (nSPS) is 10.7. The molecule has 3 aromatic heterocycles. The molecule has 0 aliphatic rings. The Morgan fingerprint density at radius 2 is 1.37 bits per heavy atom. The predicted molar refractivity (Wildman–Crippen MR) is 108 cm³/mol. The van der Waals surface area contributed by atoms with Gasteiger partial charge in [-0.25, -0.2) is 4.98 Å². The molecule has 0 aliphatic carbocycles. The fourth-order valence-corrected chi connectivity index (χ4v) is 3.23. The third-order valence-corrected chi connectivity index (χ3v) is 4.41. The molecular formula is C23H20N4. The Morgan fingerprint density at radius 1 is 0.704 bits per heavy atom. The van der Waals surface area contributed by atoms with Gasteiger partial charge in [-0.2, -0.15) is 0 Å². The van der Waals surface area contributed by atoms with Crippen molar-refractivity contribution in [1.29, 1.82) is 0 Å². The molecule has 0 saturated heterocycles. The second-order valence-corrected chi connectivity index (χ2v) is 6.32. The second kappa shape index (κ2) is 7.79. The molecule has 4 heteroatoms. The highest BCUT2D eigenvalue weighted by atomic mass is 15.2. The molecule has 4 rings (SSSR count). The van der Waals surface area contributed by atoms with Crippen LogP contribution in [0.4, 0.5) is 11.5 Å². The molecule has 1 aromatic carbocycles. The van der Waals surface area contributed by atoms with Gasteiger partial charge in [-0.3, -0.25) is 9.97 Å². The van der Waals surface area contributed by atoms with E-state index < -0.39 is 0 Å². The summed E-state index contributed by atoms with van der Waals surface area (Å²) in [5.74, 6) is 0.888. The highest BCUT2D eigenvalue weighted by Gasteiger charge is 2.25. The van der Waals surface area contributed by atoms with Crippen molar-refractivity contribution in [2.24, 2.45) is 0 Å². The largest absolute Gasteiger partial charge is 0.315 e. The van der Waals surface area contributed by atoms with Crippen LogP contribution in [-0.2, 0) is 0 Å². The Bertz CT molecular complexity index is 949. The van der Waals surface area contributed by atoms with E-state index in [9.17, 15) is 0 Å². The summed E-state index contributed by atoms with van der Waals surface area (Å²) in [6.07, 6.45) is 7.40. The number of pyridine rings is 3. The molecule has 27 heavy (non-hydrogen) atoms. The Kier molecular flexibility index (Phi) is 4.88. The smallest absolute Gasteiger partial charge is 0.134 e. The van der Waals surface area contributed by atoms with Crippen molar-refractivity contribution in [3.63, 3.8) is 0 Å². The summed E-state index contributed by atoms with van der Waals surface area (Å²) in [7, 11) is 0. The third kappa shape index (κ3) is 3.70. The summed E-state index contributed by atoms with van der Waals surface area (Å²) in [4.78, 5) is 15.7. The number of para-hydroxylation sites is 1. The number of nitrogens with zero attached hydrogens (tertiary/aromatic N) is 4. The van der Waals surface area contributed by atoms with Crippen LogP contribution < -0.4 is 4.90 Å². The molecule has 0 bridgehead atoms. The van der Waals surface area contributed by atoms with Gasteiger partial charge in [0.15, 0.2) is 0 Å². The molecule has 3 heterocycles. The van der Waals surface area contributed by atoms with Gasteiger partial charge in [0.1, 0.15) is 5.82 Å². The van der Waals surface area contributed by atoms with Crippen LogP contribution in [0.25, 0.3) is 0 Å². The SMILES string of the molecule is Cc1cccc(N(c2ccccc2)C(c2cccnc2)c2cccnc2)n1. The molecule has 4 aromatic rings. The van der Waals surface area contributed by atoms with E-state index in [0.717, 1.165) is 28.3 Å². The van der Waals surface area contributed by atoms with Crippen molar-refractivity contribution in [2.75, 3.05) is 4.90 Å². The van der Waals surface area contributed by atoms with Gasteiger partial charge >= 0.3 is 0 Å². The summed E-state index contributed by atoms with van der Waals surface area (Å²) in [6.45, 7) is 2.01. The van der Waals surface area contributed by atoms with Crippen LogP contribution >= 0.6 is 0 Å². The molecule has 0 spiro atoms. The zero-order valence-electron chi connectivity index (χ0n) is 15.1. The standard InChI is InChI=1S/C23H20N4/c1-18-8-5-13-22(26-18)27(21-11-3-2-4-12-21)23(19-9-6-14-24-16-19)20-10-7-15-25-17-20/h2-17,23H,1H3. The third-order valence-electron chi connectivity index (χ3n) is 4.41. The molecule has 4 nitrogen and oxygen atoms in total. The maximum atomic E-state index is 4.81. The molecule has 0 saturated carbocycles. The fraction of sp³-hybridized carbons (Fsp3) is 0.0870. The summed E-state index contributed by atoms with van der Waals surface area (Å²) in [6, 6.07) is 24.4. The first-order valence-corrected chi connectivity index (χ1v) is 8.91. The van der Waals surface area contributed by atoms with E-state index in [1.807, 2.05) is 67.8 Å². The topological polar surface area (TPSA) is 41.9 Å². The lowest BCUT2D eigenvalue weighted by Gasteiger charge is -2.33. The van der Waals surface area contributed by atoms with Gasteiger partial charge in [-0.1, -0.05) is 36.4 Å². The average molecular weight is 352 g/mol. The molecule has 0 fully saturated rings. The van der Waals surface area contributed by atoms with Crippen LogP contribution in [0.15, 0.2) is 97.6 Å². The van der Waals surface area contributed by atoms with E-state index in [-0.39, 0.29) is 6.04 Å². The van der Waals surface area contributed by atoms with Crippen LogP contribution in [0, 0.1) is 6.92 Å². The Labute approximate surface area is 159 Å². The van der Waals surface area contributed by atoms with Crippen molar-refractivity contribution in [3.05, 3.63) is 114 Å². The van der Waals surface area contributed by atoms with E-state index in [1.165, 1.54) is 0 Å². The lowest BCUT2D eigenvalue weighted by molar-refractivity contribution is 0.794. The molecule has 0 radical (unpaired) electrons. The summed E-state index contributed by atoms with van der Waals surface area (Å²) in [5, 5.41) is 0. The number of aryl methyl sites for hydroxylation is 1. The first-order valence-electron chi connectivity index (χ1n) is 8.91. The van der Waals surface area contributed by atoms with Crippen LogP contribution in [0.1, 0.15) is 22.9 Å². The molecular weight excluding hydrogens is 332 g/mol. The minimum atomic E-state index is -0.0934. The van der Waals surface area contributed by atoms with Gasteiger partial charge in [0, 0.05) is 36.2 Å². The number of hydrogen-bond acceptors (Lipinski definition) is 4. The zero-order valence-corrected chi connectivity index (χ0v) is 15.1. The minimum Gasteiger partial charge on any atom is -0.315 e. The zero-order chi connectivity index (χ0) is 18.5. The number of hydrogen-bond donors (Lipinski definition) is 0. The van der Waals surface area contributed by atoms with E-state index in [1.54, 1.807) is 12.4 Å². The van der Waals surface area contributed by atoms with E-state index in [4.69, 9.17) is 4.98 Å². The lowest BCUT2D eigenvalue weighted by Crippen LogP contribution is -2.26. The van der Waals surface area contributed by atoms with Crippen LogP contribution in [0.3, 0.4) is 0 Å². The maximum absolute atomic E-state index is 4.81. The van der Waals surface area contributed by atoms with Crippen molar-refractivity contribution in [1.82, 2.24) is 15.0 Å². The number of anilines is 2. The number of aromatic nitrogens is 3. The van der Waals surface area contributed by atoms with E-state index in [2.05, 4.69) is 39.1 Å². The van der Waals surface area contributed by atoms with Crippen molar-refractivity contribution in [3.8, 4) is 0 Å². The number of benzene rings is 1. The molecule has 0 N–H and O–H groups in total. The van der Waals surface area contributed by atoms with Crippen molar-refractivity contribution in [2.45, 2.75) is 13.0 Å². The van der Waals surface area contributed by atoms with E-state index >= 15 is 0 Å². The first kappa shape index (κ1) is 16.9. The Balaban J connectivity index is 1.94. The van der Waals surface area contributed by atoms with Gasteiger partial charge in [0.05, 0.1) is 6.04 Å². The average Bonchev–Trinajstić information content (AvgIpc) is 2.74. The Morgan fingerprint density at radius 3 is 1.93 bits per heavy atom. The first-order chi connectivity index (χ1) is 13.3. The minimum absolute atomic E-state index is 0.0934. The molecule has 0 atom stereocenters. The maximum Gasteiger partial charge on any atom is 0.134 e. The second-order valence-electron chi connectivity index (χ2n) is 6.32. The van der Waals surface area contributed by atoms with Gasteiger partial charge in [-0.05, 0) is 54.4 Å². The fourth-order valence-electron chi connectivity index (χ4n) is 3.23. The highest BCUT2D eigenvalue weighted by Crippen LogP contribution is 2.37. The highest BCUT2D eigenvalue weighted by molar-refractivity contribution is 5.64. The quantitative estimate of drug-likeness (QED) is 0.501. The van der Waals surface area contributed by atoms with Crippen molar-refractivity contribution < 1.29 is 0 Å². The van der Waals surface area contributed by atoms with E-state index in [0.29, 0.717) is 0 Å². The predicted octanol–water partition coefficient (Wildman–Crippen LogP) is 5.11. The van der Waals surface area contributed by atoms with Crippen molar-refractivity contribution >= 4 is 11.5 Å². The van der Waals surface area contributed by atoms with Gasteiger partial charge in [-0.15, -0.1) is 0 Å².